The maximum absolute atomic E-state index is 9.49. The van der Waals surface area contributed by atoms with Crippen molar-refractivity contribution in [3.8, 4) is 16.8 Å². The zero-order chi connectivity index (χ0) is 37.6. The monoisotopic (exact) mass is 477 g/mol. The van der Waals surface area contributed by atoms with Gasteiger partial charge in [0.1, 0.15) is 0 Å². The Bertz CT molecular complexity index is 2730. The quantitative estimate of drug-likeness (QED) is 0.233. The number of fused-ring (bicyclic) bond motifs is 6. The van der Waals surface area contributed by atoms with Crippen LogP contribution in [0, 0.1) is 0 Å². The molecule has 7 rings (SSSR count). The lowest BCUT2D eigenvalue weighted by Gasteiger charge is -2.12. The molecular formula is C30H18ClNS. The second-order valence-electron chi connectivity index (χ2n) is 6.96. The number of thiophene rings is 1. The van der Waals surface area contributed by atoms with Crippen LogP contribution in [-0.2, 0) is 0 Å². The van der Waals surface area contributed by atoms with Gasteiger partial charge in [-0.15, -0.1) is 11.3 Å². The van der Waals surface area contributed by atoms with Crippen molar-refractivity contribution in [1.82, 2.24) is 4.57 Å². The van der Waals surface area contributed by atoms with Crippen molar-refractivity contribution in [2.24, 2.45) is 0 Å². The summed E-state index contributed by atoms with van der Waals surface area (Å²) in [6.45, 7) is 0. The number of rotatable bonds is 2. The van der Waals surface area contributed by atoms with Gasteiger partial charge in [-0.05, 0) is 41.8 Å². The van der Waals surface area contributed by atoms with Crippen molar-refractivity contribution in [3.63, 3.8) is 0 Å². The van der Waals surface area contributed by atoms with Crippen LogP contribution in [0.4, 0.5) is 0 Å². The minimum absolute atomic E-state index is 0.0108. The molecule has 0 unspecified atom stereocenters. The predicted octanol–water partition coefficient (Wildman–Crippen LogP) is 9.47. The molecule has 0 saturated carbocycles. The average molecular weight is 478 g/mol. The molecule has 1 nitrogen and oxygen atoms in total. The van der Waals surface area contributed by atoms with Crippen molar-refractivity contribution in [2.75, 3.05) is 0 Å². The first-order valence-electron chi connectivity index (χ1n) is 18.5. The first-order valence-corrected chi connectivity index (χ1v) is 10.7. The Morgan fingerprint density at radius 1 is 0.636 bits per heavy atom. The molecule has 7 aromatic rings. The molecule has 2 aromatic heterocycles. The number of hydrogen-bond acceptors (Lipinski definition) is 1. The smallest absolute Gasteiger partial charge is 0.0651 e. The molecule has 0 amide bonds. The lowest BCUT2D eigenvalue weighted by molar-refractivity contribution is 1.18. The SMILES string of the molecule is [2H]c1c([2H])c(-c2c(Cl)c([2H])c([2H])c3c2sc2c([2H])c([2H])c([2H])c([2H])c23)c([2H])c(-n2c3c([2H])c([2H])c([2H])c([2H])c3c3c([2H])c([2H])c([2H])c([2H])c32)c1[2H]. The van der Waals surface area contributed by atoms with E-state index >= 15 is 0 Å². The van der Waals surface area contributed by atoms with Crippen LogP contribution in [0.25, 0.3) is 58.8 Å². The summed E-state index contributed by atoms with van der Waals surface area (Å²) in [5.41, 5.74) is -2.25. The molecular weight excluding hydrogens is 442 g/mol. The minimum atomic E-state index is -0.830. The van der Waals surface area contributed by atoms with Gasteiger partial charge in [0.25, 0.3) is 0 Å². The van der Waals surface area contributed by atoms with Gasteiger partial charge in [0.05, 0.1) is 35.7 Å². The standard InChI is InChI=1S/C30H18ClNS/c31-25-17-16-24-23-12-3-6-15-28(23)33-30(24)29(25)19-8-7-9-20(18-19)32-26-13-4-1-10-21(26)22-11-2-5-14-27(22)32/h1-18H/i1D,2D,3D,4D,5D,6D,7D,8D,9D,10D,11D,12D,13D,14D,15D,16D,17D,18D. The van der Waals surface area contributed by atoms with Crippen LogP contribution >= 0.6 is 22.9 Å². The van der Waals surface area contributed by atoms with E-state index < -0.39 is 136 Å². The zero-order valence-electron chi connectivity index (χ0n) is 34.2. The summed E-state index contributed by atoms with van der Waals surface area (Å²) < 4.78 is 156. The molecule has 0 radical (unpaired) electrons. The van der Waals surface area contributed by atoms with Crippen molar-refractivity contribution >= 4 is 64.9 Å². The van der Waals surface area contributed by atoms with Crippen molar-refractivity contribution in [3.05, 3.63) is 114 Å². The van der Waals surface area contributed by atoms with Gasteiger partial charge >= 0.3 is 0 Å². The fraction of sp³-hybridized carbons (Fsp3) is 0. The number of hydrogen-bond donors (Lipinski definition) is 0. The number of halogens is 1. The zero-order valence-corrected chi connectivity index (χ0v) is 17.8. The fourth-order valence-corrected chi connectivity index (χ4v) is 5.25. The molecule has 3 heteroatoms. The molecule has 0 N–H and O–H groups in total. The van der Waals surface area contributed by atoms with Crippen molar-refractivity contribution in [2.45, 2.75) is 0 Å². The molecule has 0 aliphatic rings. The molecule has 33 heavy (non-hydrogen) atoms. The first-order chi connectivity index (χ1) is 23.8. The third-order valence-electron chi connectivity index (χ3n) is 5.20. The third kappa shape index (κ3) is 2.78. The van der Waals surface area contributed by atoms with Crippen molar-refractivity contribution < 1.29 is 24.7 Å². The minimum Gasteiger partial charge on any atom is -0.309 e. The van der Waals surface area contributed by atoms with Crippen LogP contribution in [-0.4, -0.2) is 4.57 Å². The van der Waals surface area contributed by atoms with E-state index in [0.717, 1.165) is 15.9 Å². The Kier molecular flexibility index (Phi) is 1.82. The Morgan fingerprint density at radius 2 is 1.30 bits per heavy atom. The van der Waals surface area contributed by atoms with Gasteiger partial charge in [-0.25, -0.2) is 0 Å². The summed E-state index contributed by atoms with van der Waals surface area (Å²) in [5.74, 6) is 0. The van der Waals surface area contributed by atoms with Gasteiger partial charge in [0.15, 0.2) is 0 Å². The Hall–Kier alpha value is -3.59. The highest BCUT2D eigenvalue weighted by Gasteiger charge is 2.16. The largest absolute Gasteiger partial charge is 0.309 e. The van der Waals surface area contributed by atoms with Gasteiger partial charge in [0, 0.05) is 47.2 Å². The molecule has 0 saturated heterocycles. The van der Waals surface area contributed by atoms with Crippen LogP contribution in [0.1, 0.15) is 24.7 Å². The summed E-state index contributed by atoms with van der Waals surface area (Å²) in [7, 11) is 0. The van der Waals surface area contributed by atoms with E-state index in [0.29, 0.717) is 0 Å². The topological polar surface area (TPSA) is 4.93 Å². The van der Waals surface area contributed by atoms with Gasteiger partial charge < -0.3 is 4.57 Å². The first kappa shape index (κ1) is 8.32. The Balaban J connectivity index is 1.77. The molecule has 0 aliphatic heterocycles. The molecule has 0 atom stereocenters. The van der Waals surface area contributed by atoms with E-state index in [-0.39, 0.29) is 36.5 Å². The van der Waals surface area contributed by atoms with Gasteiger partial charge in [-0.1, -0.05) is 84.1 Å². The van der Waals surface area contributed by atoms with Gasteiger partial charge in [0.2, 0.25) is 0 Å². The lowest BCUT2D eigenvalue weighted by Crippen LogP contribution is -1.94. The van der Waals surface area contributed by atoms with E-state index in [1.54, 1.807) is 0 Å². The van der Waals surface area contributed by atoms with E-state index in [4.69, 9.17) is 34.9 Å². The highest BCUT2D eigenvalue weighted by Crippen LogP contribution is 2.44. The molecule has 2 heterocycles. The second kappa shape index (κ2) is 7.21. The number of para-hydroxylation sites is 2. The molecule has 0 aliphatic carbocycles. The summed E-state index contributed by atoms with van der Waals surface area (Å²) in [4.78, 5) is 0. The molecule has 0 bridgehead atoms. The van der Waals surface area contributed by atoms with E-state index in [1.807, 2.05) is 0 Å². The summed E-state index contributed by atoms with van der Waals surface area (Å²) >= 11 is 7.46. The van der Waals surface area contributed by atoms with Gasteiger partial charge in [-0.2, -0.15) is 0 Å². The second-order valence-corrected chi connectivity index (χ2v) is 8.35. The average Bonchev–Trinajstić information content (AvgIpc) is 3.67. The fourth-order valence-electron chi connectivity index (χ4n) is 3.83. The summed E-state index contributed by atoms with van der Waals surface area (Å²) in [5, 5.41) is -1.40. The van der Waals surface area contributed by atoms with E-state index in [2.05, 4.69) is 0 Å². The van der Waals surface area contributed by atoms with Crippen LogP contribution in [0.3, 0.4) is 0 Å². The van der Waals surface area contributed by atoms with Gasteiger partial charge in [-0.3, -0.25) is 0 Å². The van der Waals surface area contributed by atoms with Crippen molar-refractivity contribution in [1.29, 1.82) is 0 Å². The molecule has 5 aromatic carbocycles. The Labute approximate surface area is 225 Å². The maximum atomic E-state index is 9.49. The van der Waals surface area contributed by atoms with Crippen LogP contribution < -0.4 is 0 Å². The maximum Gasteiger partial charge on any atom is 0.0651 e. The highest BCUT2D eigenvalue weighted by molar-refractivity contribution is 7.26. The number of benzene rings is 5. The number of aromatic nitrogens is 1. The molecule has 0 fully saturated rings. The van der Waals surface area contributed by atoms with Crippen LogP contribution in [0.15, 0.2) is 109 Å². The molecule has 156 valence electrons. The highest BCUT2D eigenvalue weighted by atomic mass is 35.5. The summed E-state index contributed by atoms with van der Waals surface area (Å²) in [6.07, 6.45) is 0. The lowest BCUT2D eigenvalue weighted by atomic mass is 10.0. The third-order valence-corrected chi connectivity index (χ3v) is 6.60. The Morgan fingerprint density at radius 3 is 2.06 bits per heavy atom. The summed E-state index contributed by atoms with van der Waals surface area (Å²) in [6, 6.07) is -12.2. The van der Waals surface area contributed by atoms with Crippen LogP contribution in [0.2, 0.25) is 5.02 Å². The van der Waals surface area contributed by atoms with E-state index in [1.165, 1.54) is 0 Å². The molecule has 0 spiro atoms. The normalized spacial score (nSPS) is 19.4. The predicted molar refractivity (Wildman–Crippen MR) is 144 cm³/mol. The van der Waals surface area contributed by atoms with Crippen LogP contribution in [0.5, 0.6) is 0 Å². The number of nitrogens with zero attached hydrogens (tertiary/aromatic N) is 1. The van der Waals surface area contributed by atoms with E-state index in [9.17, 15) is 1.37 Å².